The van der Waals surface area contributed by atoms with E-state index in [1.54, 1.807) is 4.90 Å². The first kappa shape index (κ1) is 17.4. The molecule has 5 heteroatoms. The van der Waals surface area contributed by atoms with Gasteiger partial charge in [-0.15, -0.1) is 0 Å². The van der Waals surface area contributed by atoms with Crippen molar-refractivity contribution in [1.82, 2.24) is 9.80 Å². The second kappa shape index (κ2) is 7.64. The summed E-state index contributed by atoms with van der Waals surface area (Å²) in [5, 5.41) is 9.39. The number of aliphatic hydroxyl groups excluding tert-OH is 1. The predicted octanol–water partition coefficient (Wildman–Crippen LogP) is 1.89. The fourth-order valence-corrected chi connectivity index (χ4v) is 3.88. The van der Waals surface area contributed by atoms with Gasteiger partial charge in [0, 0.05) is 31.7 Å². The topological polar surface area (TPSA) is 53.0 Å². The van der Waals surface area contributed by atoms with Crippen molar-refractivity contribution in [3.63, 3.8) is 0 Å². The van der Waals surface area contributed by atoms with Crippen molar-refractivity contribution >= 4 is 5.91 Å². The molecule has 0 aromatic heterocycles. The highest BCUT2D eigenvalue weighted by molar-refractivity contribution is 5.94. The molecule has 1 N–H and O–H groups in total. The summed E-state index contributed by atoms with van der Waals surface area (Å²) in [7, 11) is 0. The van der Waals surface area contributed by atoms with E-state index >= 15 is 0 Å². The Bertz CT molecular complexity index is 550. The Morgan fingerprint density at radius 3 is 2.50 bits per heavy atom. The van der Waals surface area contributed by atoms with E-state index in [0.717, 1.165) is 39.0 Å². The molecule has 2 fully saturated rings. The van der Waals surface area contributed by atoms with Gasteiger partial charge in [-0.25, -0.2) is 0 Å². The zero-order valence-electron chi connectivity index (χ0n) is 14.6. The third-order valence-corrected chi connectivity index (χ3v) is 4.95. The molecule has 1 aromatic carbocycles. The van der Waals surface area contributed by atoms with Crippen LogP contribution in [0.4, 0.5) is 0 Å². The van der Waals surface area contributed by atoms with Crippen LogP contribution in [0.25, 0.3) is 0 Å². The molecular formula is C19H28N2O3. The summed E-state index contributed by atoms with van der Waals surface area (Å²) in [5.74, 6) is 0.0340. The number of morpholine rings is 1. The number of aliphatic hydroxyl groups is 1. The molecule has 0 aliphatic carbocycles. The smallest absolute Gasteiger partial charge is 0.254 e. The van der Waals surface area contributed by atoms with Crippen molar-refractivity contribution in [1.29, 1.82) is 0 Å². The first-order valence-electron chi connectivity index (χ1n) is 8.95. The second-order valence-corrected chi connectivity index (χ2v) is 7.13. The number of amides is 1. The molecule has 1 aromatic rings. The van der Waals surface area contributed by atoms with E-state index in [-0.39, 0.29) is 30.8 Å². The van der Waals surface area contributed by atoms with Gasteiger partial charge in [0.15, 0.2) is 0 Å². The van der Waals surface area contributed by atoms with Gasteiger partial charge in [-0.2, -0.15) is 0 Å². The highest BCUT2D eigenvalue weighted by atomic mass is 16.5. The van der Waals surface area contributed by atoms with Gasteiger partial charge in [0.1, 0.15) is 0 Å². The highest BCUT2D eigenvalue weighted by Crippen LogP contribution is 2.20. The van der Waals surface area contributed by atoms with E-state index in [0.29, 0.717) is 5.56 Å². The Morgan fingerprint density at radius 2 is 1.88 bits per heavy atom. The van der Waals surface area contributed by atoms with Crippen LogP contribution >= 0.6 is 0 Å². The zero-order chi connectivity index (χ0) is 17.1. The summed E-state index contributed by atoms with van der Waals surface area (Å²) in [4.78, 5) is 16.8. The molecule has 0 saturated carbocycles. The number of hydrogen-bond acceptors (Lipinski definition) is 4. The van der Waals surface area contributed by atoms with Crippen LogP contribution in [0.5, 0.6) is 0 Å². The van der Waals surface area contributed by atoms with E-state index in [9.17, 15) is 9.90 Å². The lowest BCUT2D eigenvalue weighted by Gasteiger charge is -2.35. The summed E-state index contributed by atoms with van der Waals surface area (Å²) in [6, 6.07) is 7.90. The number of likely N-dealkylation sites (tertiary alicyclic amines) is 1. The van der Waals surface area contributed by atoms with Crippen molar-refractivity contribution in [2.75, 3.05) is 26.2 Å². The van der Waals surface area contributed by atoms with E-state index in [2.05, 4.69) is 18.7 Å². The fraction of sp³-hybridized carbons (Fsp3) is 0.632. The van der Waals surface area contributed by atoms with Gasteiger partial charge in [0.05, 0.1) is 24.9 Å². The van der Waals surface area contributed by atoms with Crippen molar-refractivity contribution in [3.8, 4) is 0 Å². The third-order valence-electron chi connectivity index (χ3n) is 4.95. The summed E-state index contributed by atoms with van der Waals surface area (Å²) in [5.41, 5.74) is 1.93. The standard InChI is InChI=1S/C19H28N2O3/c1-14-10-20(11-15(2)24-14)12-16-5-7-17(8-6-16)19(23)21-9-3-4-18(21)13-22/h5-8,14-15,18,22H,3-4,9-13H2,1-2H3/t14-,15-,18-/m0/s1. The van der Waals surface area contributed by atoms with Crippen molar-refractivity contribution < 1.29 is 14.6 Å². The lowest BCUT2D eigenvalue weighted by molar-refractivity contribution is -0.0704. The molecule has 2 aliphatic heterocycles. The Hall–Kier alpha value is -1.43. The minimum atomic E-state index is -0.0199. The molecule has 132 valence electrons. The van der Waals surface area contributed by atoms with Crippen LogP contribution in [0.3, 0.4) is 0 Å². The van der Waals surface area contributed by atoms with Gasteiger partial charge in [-0.1, -0.05) is 12.1 Å². The molecule has 3 rings (SSSR count). The van der Waals surface area contributed by atoms with E-state index in [4.69, 9.17) is 4.74 Å². The molecule has 2 saturated heterocycles. The molecule has 1 amide bonds. The molecular weight excluding hydrogens is 304 g/mol. The normalized spacial score (nSPS) is 28.3. The van der Waals surface area contributed by atoms with Crippen LogP contribution in [-0.2, 0) is 11.3 Å². The van der Waals surface area contributed by atoms with Crippen LogP contribution in [0.1, 0.15) is 42.6 Å². The Morgan fingerprint density at radius 1 is 1.21 bits per heavy atom. The minimum Gasteiger partial charge on any atom is -0.394 e. The van der Waals surface area contributed by atoms with Gasteiger partial charge >= 0.3 is 0 Å². The van der Waals surface area contributed by atoms with Gasteiger partial charge in [-0.05, 0) is 44.4 Å². The van der Waals surface area contributed by atoms with Gasteiger partial charge in [-0.3, -0.25) is 9.69 Å². The average Bonchev–Trinajstić information content (AvgIpc) is 3.02. The Kier molecular flexibility index (Phi) is 5.54. The summed E-state index contributed by atoms with van der Waals surface area (Å²) in [6.45, 7) is 7.78. The predicted molar refractivity (Wildman–Crippen MR) is 92.9 cm³/mol. The second-order valence-electron chi connectivity index (χ2n) is 7.13. The Labute approximate surface area is 144 Å². The largest absolute Gasteiger partial charge is 0.394 e. The fourth-order valence-electron chi connectivity index (χ4n) is 3.88. The zero-order valence-corrected chi connectivity index (χ0v) is 14.6. The SMILES string of the molecule is C[C@H]1CN(Cc2ccc(C(=O)N3CCC[C@H]3CO)cc2)C[C@H](C)O1. The summed E-state index contributed by atoms with van der Waals surface area (Å²) in [6.07, 6.45) is 2.40. The molecule has 0 unspecified atom stereocenters. The minimum absolute atomic E-state index is 0.0199. The maximum Gasteiger partial charge on any atom is 0.254 e. The van der Waals surface area contributed by atoms with Gasteiger partial charge < -0.3 is 14.7 Å². The number of hydrogen-bond donors (Lipinski definition) is 1. The number of carbonyl (C=O) groups is 1. The van der Waals surface area contributed by atoms with E-state index in [1.807, 2.05) is 24.3 Å². The molecule has 0 radical (unpaired) electrons. The number of benzene rings is 1. The van der Waals surface area contributed by atoms with E-state index in [1.165, 1.54) is 5.56 Å². The van der Waals surface area contributed by atoms with Gasteiger partial charge in [0.2, 0.25) is 0 Å². The lowest BCUT2D eigenvalue weighted by atomic mass is 10.1. The quantitative estimate of drug-likeness (QED) is 0.915. The van der Waals surface area contributed by atoms with Crippen LogP contribution < -0.4 is 0 Å². The molecule has 5 nitrogen and oxygen atoms in total. The molecule has 0 spiro atoms. The van der Waals surface area contributed by atoms with Crippen LogP contribution in [0.15, 0.2) is 24.3 Å². The van der Waals surface area contributed by atoms with Crippen molar-refractivity contribution in [2.45, 2.75) is 51.5 Å². The maximum absolute atomic E-state index is 12.6. The number of ether oxygens (including phenoxy) is 1. The van der Waals surface area contributed by atoms with Crippen LogP contribution in [0.2, 0.25) is 0 Å². The maximum atomic E-state index is 12.6. The molecule has 0 bridgehead atoms. The molecule has 2 heterocycles. The molecule has 2 aliphatic rings. The summed E-state index contributed by atoms with van der Waals surface area (Å²) >= 11 is 0. The number of nitrogens with zero attached hydrogens (tertiary/aromatic N) is 2. The van der Waals surface area contributed by atoms with Crippen molar-refractivity contribution in [3.05, 3.63) is 35.4 Å². The van der Waals surface area contributed by atoms with Crippen molar-refractivity contribution in [2.24, 2.45) is 0 Å². The number of carbonyl (C=O) groups excluding carboxylic acids is 1. The third kappa shape index (κ3) is 3.97. The molecule has 3 atom stereocenters. The first-order valence-corrected chi connectivity index (χ1v) is 8.95. The number of rotatable bonds is 4. The van der Waals surface area contributed by atoms with Gasteiger partial charge in [0.25, 0.3) is 5.91 Å². The average molecular weight is 332 g/mol. The van der Waals surface area contributed by atoms with Crippen LogP contribution in [-0.4, -0.2) is 65.3 Å². The highest BCUT2D eigenvalue weighted by Gasteiger charge is 2.28. The summed E-state index contributed by atoms with van der Waals surface area (Å²) < 4.78 is 5.77. The Balaban J connectivity index is 1.62. The lowest BCUT2D eigenvalue weighted by Crippen LogP contribution is -2.44. The monoisotopic (exact) mass is 332 g/mol. The molecule has 24 heavy (non-hydrogen) atoms. The first-order chi connectivity index (χ1) is 11.6. The van der Waals surface area contributed by atoms with E-state index < -0.39 is 0 Å². The van der Waals surface area contributed by atoms with Crippen LogP contribution in [0, 0.1) is 0 Å².